The fourth-order valence-electron chi connectivity index (χ4n) is 2.64. The fraction of sp³-hybridized carbons (Fsp3) is 0.533. The Bertz CT molecular complexity index is 563. The lowest BCUT2D eigenvalue weighted by Crippen LogP contribution is -2.34. The molecule has 0 bridgehead atoms. The first kappa shape index (κ1) is 17.0. The van der Waals surface area contributed by atoms with Gasteiger partial charge in [-0.15, -0.1) is 0 Å². The first-order valence-corrected chi connectivity index (χ1v) is 10.4. The molecule has 1 fully saturated rings. The summed E-state index contributed by atoms with van der Waals surface area (Å²) in [4.78, 5) is 11.8. The predicted octanol–water partition coefficient (Wildman–Crippen LogP) is 3.95. The van der Waals surface area contributed by atoms with Crippen LogP contribution in [0.5, 0.6) is 0 Å². The number of carbonyl (C=O) groups excluding carboxylic acids is 1. The fourth-order valence-corrected chi connectivity index (χ4v) is 4.07. The molecule has 22 heavy (non-hydrogen) atoms. The molecule has 0 N–H and O–H groups in total. The molecule has 2 rings (SSSR count). The Labute approximate surface area is 128 Å². The largest absolute Gasteiger partial charge is 0.469 e. The van der Waals surface area contributed by atoms with Gasteiger partial charge in [-0.25, -0.2) is 0 Å². The number of methoxy groups -OCH3 is 1. The van der Waals surface area contributed by atoms with Gasteiger partial charge in [0.05, 0.1) is 24.2 Å². The number of halogens is 3. The first-order chi connectivity index (χ1) is 9.99. The molecule has 1 aliphatic carbocycles. The highest BCUT2D eigenvalue weighted by Crippen LogP contribution is 2.57. The summed E-state index contributed by atoms with van der Waals surface area (Å²) in [6.07, 6.45) is -3.94. The van der Waals surface area contributed by atoms with Crippen LogP contribution in [0.3, 0.4) is 0 Å². The number of benzene rings is 1. The van der Waals surface area contributed by atoms with E-state index in [1.165, 1.54) is 19.2 Å². The summed E-state index contributed by atoms with van der Waals surface area (Å²) in [7, 11) is -0.695. The average Bonchev–Trinajstić information content (AvgIpc) is 3.10. The van der Waals surface area contributed by atoms with E-state index in [0.29, 0.717) is 12.0 Å². The van der Waals surface area contributed by atoms with Crippen molar-refractivity contribution in [1.82, 2.24) is 0 Å². The van der Waals surface area contributed by atoms with Gasteiger partial charge in [-0.2, -0.15) is 13.2 Å². The molecule has 1 saturated carbocycles. The Morgan fingerprint density at radius 2 is 1.77 bits per heavy atom. The summed E-state index contributed by atoms with van der Waals surface area (Å²) >= 11 is 0. The second-order valence-electron chi connectivity index (χ2n) is 6.46. The van der Waals surface area contributed by atoms with E-state index < -0.39 is 37.5 Å². The molecule has 122 valence electrons. The third-order valence-electron chi connectivity index (χ3n) is 3.59. The SMILES string of the molecule is COC(=O)C1CC1(O[Si](C)(C)C)c1ccc(C(F)(F)F)cc1. The van der Waals surface area contributed by atoms with Crippen molar-refractivity contribution in [3.05, 3.63) is 35.4 Å². The van der Waals surface area contributed by atoms with Crippen molar-refractivity contribution in [2.45, 2.75) is 37.8 Å². The normalized spacial score (nSPS) is 25.0. The zero-order valence-electron chi connectivity index (χ0n) is 13.0. The Kier molecular flexibility index (Phi) is 4.16. The van der Waals surface area contributed by atoms with Crippen molar-refractivity contribution in [2.75, 3.05) is 7.11 Å². The molecule has 0 spiro atoms. The minimum absolute atomic E-state index is 0.391. The molecular weight excluding hydrogens is 313 g/mol. The Morgan fingerprint density at radius 3 is 2.18 bits per heavy atom. The molecule has 3 nitrogen and oxygen atoms in total. The standard InChI is InChI=1S/C15H19F3O3Si/c1-20-13(19)12-9-14(12,21-22(2,3)4)10-5-7-11(8-6-10)15(16,17)18/h5-8,12H,9H2,1-4H3. The number of esters is 1. The van der Waals surface area contributed by atoms with E-state index in [4.69, 9.17) is 9.16 Å². The molecule has 0 amide bonds. The Balaban J connectivity index is 2.34. The van der Waals surface area contributed by atoms with Crippen LogP contribution in [0.15, 0.2) is 24.3 Å². The highest BCUT2D eigenvalue weighted by atomic mass is 28.4. The van der Waals surface area contributed by atoms with Crippen LogP contribution in [-0.2, 0) is 25.7 Å². The minimum Gasteiger partial charge on any atom is -0.469 e. The summed E-state index contributed by atoms with van der Waals surface area (Å²) in [5.41, 5.74) is -0.963. The van der Waals surface area contributed by atoms with Gasteiger partial charge in [0.25, 0.3) is 0 Å². The van der Waals surface area contributed by atoms with Crippen LogP contribution >= 0.6 is 0 Å². The third-order valence-corrected chi connectivity index (χ3v) is 4.56. The van der Waals surface area contributed by atoms with Crippen LogP contribution < -0.4 is 0 Å². The van der Waals surface area contributed by atoms with E-state index in [2.05, 4.69) is 0 Å². The number of hydrogen-bond acceptors (Lipinski definition) is 3. The molecule has 1 aliphatic rings. The maximum Gasteiger partial charge on any atom is 0.416 e. The van der Waals surface area contributed by atoms with Gasteiger partial charge in [0, 0.05) is 0 Å². The average molecular weight is 332 g/mol. The van der Waals surface area contributed by atoms with Gasteiger partial charge in [-0.1, -0.05) is 12.1 Å². The highest BCUT2D eigenvalue weighted by molar-refractivity contribution is 6.69. The van der Waals surface area contributed by atoms with Crippen LogP contribution in [-0.4, -0.2) is 21.4 Å². The van der Waals surface area contributed by atoms with E-state index in [1.807, 2.05) is 19.6 Å². The minimum atomic E-state index is -4.38. The second-order valence-corrected chi connectivity index (χ2v) is 10.9. The summed E-state index contributed by atoms with van der Waals surface area (Å²) in [5.74, 6) is -0.848. The van der Waals surface area contributed by atoms with E-state index >= 15 is 0 Å². The van der Waals surface area contributed by atoms with Gasteiger partial charge in [-0.05, 0) is 43.8 Å². The summed E-state index contributed by atoms with van der Waals surface area (Å²) in [6, 6.07) is 4.84. The Hall–Kier alpha value is -1.34. The summed E-state index contributed by atoms with van der Waals surface area (Å²) < 4.78 is 48.9. The number of ether oxygens (including phenoxy) is 1. The third kappa shape index (κ3) is 3.35. The summed E-state index contributed by atoms with van der Waals surface area (Å²) in [5, 5.41) is 0. The van der Waals surface area contributed by atoms with Crippen LogP contribution in [0.2, 0.25) is 19.6 Å². The van der Waals surface area contributed by atoms with Crippen LogP contribution in [0, 0.1) is 5.92 Å². The van der Waals surface area contributed by atoms with E-state index in [9.17, 15) is 18.0 Å². The molecule has 0 heterocycles. The van der Waals surface area contributed by atoms with Crippen LogP contribution in [0.4, 0.5) is 13.2 Å². The lowest BCUT2D eigenvalue weighted by atomic mass is 10.0. The number of rotatable bonds is 4. The van der Waals surface area contributed by atoms with Crippen molar-refractivity contribution >= 4 is 14.3 Å². The van der Waals surface area contributed by atoms with E-state index in [0.717, 1.165) is 12.1 Å². The summed E-state index contributed by atoms with van der Waals surface area (Å²) in [6.45, 7) is 5.93. The smallest absolute Gasteiger partial charge is 0.416 e. The number of hydrogen-bond donors (Lipinski definition) is 0. The molecule has 1 aromatic rings. The quantitative estimate of drug-likeness (QED) is 0.619. The van der Waals surface area contributed by atoms with Gasteiger partial charge in [0.2, 0.25) is 0 Å². The second kappa shape index (κ2) is 5.38. The van der Waals surface area contributed by atoms with Crippen LogP contribution in [0.1, 0.15) is 17.5 Å². The van der Waals surface area contributed by atoms with Crippen molar-refractivity contribution in [3.8, 4) is 0 Å². The van der Waals surface area contributed by atoms with Gasteiger partial charge in [-0.3, -0.25) is 4.79 Å². The van der Waals surface area contributed by atoms with Crippen molar-refractivity contribution in [3.63, 3.8) is 0 Å². The maximum atomic E-state index is 12.7. The number of alkyl halides is 3. The Morgan fingerprint density at radius 1 is 1.23 bits per heavy atom. The molecule has 0 saturated heterocycles. The van der Waals surface area contributed by atoms with Gasteiger partial charge in [0.15, 0.2) is 8.32 Å². The highest BCUT2D eigenvalue weighted by Gasteiger charge is 2.62. The van der Waals surface area contributed by atoms with Crippen LogP contribution in [0.25, 0.3) is 0 Å². The predicted molar refractivity (Wildman–Crippen MR) is 77.7 cm³/mol. The molecule has 0 radical (unpaired) electrons. The van der Waals surface area contributed by atoms with Crippen molar-refractivity contribution < 1.29 is 27.1 Å². The molecule has 1 aromatic carbocycles. The zero-order chi connectivity index (χ0) is 16.8. The first-order valence-electron chi connectivity index (χ1n) is 6.95. The molecule has 0 aliphatic heterocycles. The lowest BCUT2D eigenvalue weighted by Gasteiger charge is -2.28. The monoisotopic (exact) mass is 332 g/mol. The zero-order valence-corrected chi connectivity index (χ0v) is 14.0. The molecule has 2 unspecified atom stereocenters. The van der Waals surface area contributed by atoms with E-state index in [-0.39, 0.29) is 0 Å². The molecule has 7 heteroatoms. The lowest BCUT2D eigenvalue weighted by molar-refractivity contribution is -0.144. The van der Waals surface area contributed by atoms with Gasteiger partial charge >= 0.3 is 12.1 Å². The van der Waals surface area contributed by atoms with Gasteiger partial charge in [0.1, 0.15) is 0 Å². The van der Waals surface area contributed by atoms with Crippen molar-refractivity contribution in [1.29, 1.82) is 0 Å². The van der Waals surface area contributed by atoms with E-state index in [1.54, 1.807) is 0 Å². The molecule has 0 aromatic heterocycles. The van der Waals surface area contributed by atoms with Crippen molar-refractivity contribution in [2.24, 2.45) is 5.92 Å². The molecule has 2 atom stereocenters. The molecular formula is C15H19F3O3Si. The topological polar surface area (TPSA) is 35.5 Å². The number of carbonyl (C=O) groups is 1. The van der Waals surface area contributed by atoms with Gasteiger partial charge < -0.3 is 9.16 Å². The maximum absolute atomic E-state index is 12.7.